The topological polar surface area (TPSA) is 69.6 Å². The van der Waals surface area contributed by atoms with Crippen LogP contribution in [0, 0.1) is 5.92 Å². The van der Waals surface area contributed by atoms with Crippen molar-refractivity contribution in [2.45, 2.75) is 12.5 Å². The Bertz CT molecular complexity index is 511. The van der Waals surface area contributed by atoms with Crippen LogP contribution in [0.5, 0.6) is 0 Å². The fourth-order valence-electron chi connectivity index (χ4n) is 2.52. The molecule has 2 N–H and O–H groups in total. The van der Waals surface area contributed by atoms with Crippen LogP contribution in [0.1, 0.15) is 5.56 Å². The van der Waals surface area contributed by atoms with Crippen molar-refractivity contribution in [1.82, 2.24) is 5.32 Å². The van der Waals surface area contributed by atoms with Gasteiger partial charge in [-0.3, -0.25) is 9.69 Å². The number of nitrogens with zero attached hydrogens (tertiary/aromatic N) is 1. The minimum atomic E-state index is -0.938. The Morgan fingerprint density at radius 3 is 2.61 bits per heavy atom. The lowest BCUT2D eigenvalue weighted by atomic mass is 10.0. The van der Waals surface area contributed by atoms with Gasteiger partial charge in [0.2, 0.25) is 5.91 Å². The van der Waals surface area contributed by atoms with Crippen LogP contribution >= 0.6 is 0 Å². The van der Waals surface area contributed by atoms with Gasteiger partial charge in [0.25, 0.3) is 0 Å². The highest BCUT2D eigenvalue weighted by molar-refractivity contribution is 6.03. The molecular formula is C13H14N2O3. The van der Waals surface area contributed by atoms with Crippen molar-refractivity contribution < 1.29 is 14.7 Å². The zero-order chi connectivity index (χ0) is 12.7. The zero-order valence-corrected chi connectivity index (χ0v) is 9.80. The van der Waals surface area contributed by atoms with Gasteiger partial charge in [-0.15, -0.1) is 0 Å². The maximum atomic E-state index is 12.3. The first kappa shape index (κ1) is 11.2. The predicted octanol–water partition coefficient (Wildman–Crippen LogP) is 0.248. The third-order valence-electron chi connectivity index (χ3n) is 3.63. The molecule has 0 saturated carbocycles. The second-order valence-corrected chi connectivity index (χ2v) is 4.75. The van der Waals surface area contributed by atoms with Crippen molar-refractivity contribution in [3.63, 3.8) is 0 Å². The quantitative estimate of drug-likeness (QED) is 0.784. The monoisotopic (exact) mass is 246 g/mol. The van der Waals surface area contributed by atoms with E-state index in [2.05, 4.69) is 5.32 Å². The number of carboxylic acid groups (broad SMARTS) is 1. The summed E-state index contributed by atoms with van der Waals surface area (Å²) in [5.74, 6) is -1.10. The number of rotatable bonds is 2. The van der Waals surface area contributed by atoms with E-state index in [1.165, 1.54) is 4.90 Å². The number of carbonyl (C=O) groups is 2. The van der Waals surface area contributed by atoms with Gasteiger partial charge >= 0.3 is 5.97 Å². The number of aliphatic carboxylic acids is 1. The molecule has 2 heterocycles. The zero-order valence-electron chi connectivity index (χ0n) is 9.80. The Kier molecular flexibility index (Phi) is 2.56. The second-order valence-electron chi connectivity index (χ2n) is 4.75. The summed E-state index contributed by atoms with van der Waals surface area (Å²) in [5, 5.41) is 12.3. The van der Waals surface area contributed by atoms with Gasteiger partial charge in [-0.05, 0) is 11.6 Å². The van der Waals surface area contributed by atoms with Gasteiger partial charge < -0.3 is 10.4 Å². The molecule has 1 aromatic carbocycles. The van der Waals surface area contributed by atoms with E-state index in [0.29, 0.717) is 19.5 Å². The third kappa shape index (κ3) is 1.59. The number of hydrogen-bond acceptors (Lipinski definition) is 3. The predicted molar refractivity (Wildman–Crippen MR) is 65.4 cm³/mol. The molecule has 3 rings (SSSR count). The smallest absolute Gasteiger partial charge is 0.327 e. The summed E-state index contributed by atoms with van der Waals surface area (Å²) in [5.41, 5.74) is 1.69. The largest absolute Gasteiger partial charge is 0.480 e. The van der Waals surface area contributed by atoms with Crippen LogP contribution in [-0.2, 0) is 16.0 Å². The van der Waals surface area contributed by atoms with Crippen LogP contribution in [0.2, 0.25) is 0 Å². The number of nitrogens with one attached hydrogen (secondary N) is 1. The van der Waals surface area contributed by atoms with Crippen molar-refractivity contribution in [2.75, 3.05) is 18.0 Å². The number of hydrogen-bond donors (Lipinski definition) is 2. The molecular weight excluding hydrogens is 232 g/mol. The lowest BCUT2D eigenvalue weighted by Gasteiger charge is -2.32. The Morgan fingerprint density at radius 2 is 2.00 bits per heavy atom. The summed E-state index contributed by atoms with van der Waals surface area (Å²) >= 11 is 0. The van der Waals surface area contributed by atoms with Crippen LogP contribution in [0.4, 0.5) is 5.69 Å². The summed E-state index contributed by atoms with van der Waals surface area (Å²) in [7, 11) is 0. The fraction of sp³-hybridized carbons (Fsp3) is 0.385. The molecule has 2 aliphatic heterocycles. The number of amides is 1. The highest BCUT2D eigenvalue weighted by atomic mass is 16.4. The molecule has 1 amide bonds. The average Bonchev–Trinajstić information content (AvgIpc) is 2.65. The SMILES string of the molecule is O=C(O)[C@@H]1Cc2ccccc2N1C(=O)C1CNC1. The van der Waals surface area contributed by atoms with Crippen molar-refractivity contribution in [1.29, 1.82) is 0 Å². The minimum absolute atomic E-state index is 0.0777. The number of carbonyl (C=O) groups excluding carboxylic acids is 1. The Labute approximate surface area is 104 Å². The third-order valence-corrected chi connectivity index (χ3v) is 3.63. The molecule has 94 valence electrons. The molecule has 1 saturated heterocycles. The fourth-order valence-corrected chi connectivity index (χ4v) is 2.52. The molecule has 1 fully saturated rings. The Hall–Kier alpha value is -1.88. The van der Waals surface area contributed by atoms with Crippen LogP contribution in [-0.4, -0.2) is 36.1 Å². The number of benzene rings is 1. The molecule has 0 aromatic heterocycles. The standard InChI is InChI=1S/C13H14N2O3/c16-12(9-6-14-7-9)15-10-4-2-1-3-8(10)5-11(15)13(17)18/h1-4,9,11,14H,5-7H2,(H,17,18)/t11-/m0/s1. The van der Waals surface area contributed by atoms with Gasteiger partial charge in [-0.25, -0.2) is 4.79 Å². The number of para-hydroxylation sites is 1. The van der Waals surface area contributed by atoms with Gasteiger partial charge in [-0.2, -0.15) is 0 Å². The summed E-state index contributed by atoms with van der Waals surface area (Å²) in [4.78, 5) is 25.1. The number of carboxylic acids is 1. The summed E-state index contributed by atoms with van der Waals surface area (Å²) < 4.78 is 0. The van der Waals surface area contributed by atoms with Gasteiger partial charge in [0.15, 0.2) is 0 Å². The van der Waals surface area contributed by atoms with E-state index in [0.717, 1.165) is 11.3 Å². The van der Waals surface area contributed by atoms with Crippen LogP contribution < -0.4 is 10.2 Å². The highest BCUT2D eigenvalue weighted by Crippen LogP contribution is 2.33. The van der Waals surface area contributed by atoms with E-state index in [9.17, 15) is 14.7 Å². The maximum absolute atomic E-state index is 12.3. The van der Waals surface area contributed by atoms with Crippen molar-refractivity contribution >= 4 is 17.6 Å². The van der Waals surface area contributed by atoms with E-state index in [-0.39, 0.29) is 11.8 Å². The van der Waals surface area contributed by atoms with E-state index in [4.69, 9.17) is 0 Å². The Balaban J connectivity index is 1.97. The molecule has 18 heavy (non-hydrogen) atoms. The molecule has 5 nitrogen and oxygen atoms in total. The normalized spacial score (nSPS) is 22.4. The summed E-state index contributed by atoms with van der Waals surface area (Å²) in [6.07, 6.45) is 0.400. The highest BCUT2D eigenvalue weighted by Gasteiger charge is 2.41. The van der Waals surface area contributed by atoms with E-state index < -0.39 is 12.0 Å². The first-order valence-corrected chi connectivity index (χ1v) is 6.03. The Morgan fingerprint density at radius 1 is 1.28 bits per heavy atom. The van der Waals surface area contributed by atoms with Crippen LogP contribution in [0.15, 0.2) is 24.3 Å². The van der Waals surface area contributed by atoms with E-state index in [1.54, 1.807) is 0 Å². The molecule has 1 atom stereocenters. The van der Waals surface area contributed by atoms with Crippen LogP contribution in [0.25, 0.3) is 0 Å². The van der Waals surface area contributed by atoms with E-state index >= 15 is 0 Å². The molecule has 0 unspecified atom stereocenters. The van der Waals surface area contributed by atoms with Crippen molar-refractivity contribution in [3.8, 4) is 0 Å². The van der Waals surface area contributed by atoms with Gasteiger partial charge in [0.1, 0.15) is 6.04 Å². The molecule has 0 radical (unpaired) electrons. The molecule has 1 aromatic rings. The summed E-state index contributed by atoms with van der Waals surface area (Å²) in [6.45, 7) is 1.29. The second kappa shape index (κ2) is 4.10. The first-order chi connectivity index (χ1) is 8.68. The van der Waals surface area contributed by atoms with Gasteiger partial charge in [-0.1, -0.05) is 18.2 Å². The molecule has 0 bridgehead atoms. The first-order valence-electron chi connectivity index (χ1n) is 6.03. The van der Waals surface area contributed by atoms with Crippen molar-refractivity contribution in [2.24, 2.45) is 5.92 Å². The van der Waals surface area contributed by atoms with Crippen molar-refractivity contribution in [3.05, 3.63) is 29.8 Å². The molecule has 5 heteroatoms. The number of fused-ring (bicyclic) bond motifs is 1. The molecule has 0 aliphatic carbocycles. The van der Waals surface area contributed by atoms with E-state index in [1.807, 2.05) is 24.3 Å². The lowest BCUT2D eigenvalue weighted by Crippen LogP contribution is -2.55. The van der Waals surface area contributed by atoms with Crippen LogP contribution in [0.3, 0.4) is 0 Å². The van der Waals surface area contributed by atoms with Gasteiger partial charge in [0, 0.05) is 25.2 Å². The maximum Gasteiger partial charge on any atom is 0.327 e. The summed E-state index contributed by atoms with van der Waals surface area (Å²) in [6, 6.07) is 6.66. The molecule has 0 spiro atoms. The number of anilines is 1. The minimum Gasteiger partial charge on any atom is -0.480 e. The van der Waals surface area contributed by atoms with Gasteiger partial charge in [0.05, 0.1) is 5.92 Å². The lowest BCUT2D eigenvalue weighted by molar-refractivity contribution is -0.140. The average molecular weight is 246 g/mol. The molecule has 2 aliphatic rings.